The predicted octanol–water partition coefficient (Wildman–Crippen LogP) is 2.91. The van der Waals surface area contributed by atoms with Crippen LogP contribution < -0.4 is 5.73 Å². The largest absolute Gasteiger partial charge is 0.326 e. The maximum atomic E-state index is 13.2. The minimum Gasteiger partial charge on any atom is -0.326 e. The standard InChI is InChI=1S/C15H23FN2/c1-2-7-18(10-12-3-4-12)11-13-5-6-15(16)8-14(13)9-17/h5-6,8,12H,2-4,7,9-11,17H2,1H3. The van der Waals surface area contributed by atoms with Crippen molar-refractivity contribution in [1.82, 2.24) is 4.90 Å². The third-order valence-electron chi connectivity index (χ3n) is 3.54. The first kappa shape index (κ1) is 13.5. The van der Waals surface area contributed by atoms with Gasteiger partial charge in [-0.25, -0.2) is 4.39 Å². The molecule has 1 saturated carbocycles. The second-order valence-electron chi connectivity index (χ2n) is 5.30. The van der Waals surface area contributed by atoms with Gasteiger partial charge in [-0.3, -0.25) is 4.90 Å². The molecule has 1 aromatic carbocycles. The number of nitrogens with two attached hydrogens (primary N) is 1. The molecule has 1 aliphatic carbocycles. The Labute approximate surface area is 109 Å². The molecule has 0 spiro atoms. The zero-order chi connectivity index (χ0) is 13.0. The lowest BCUT2D eigenvalue weighted by atomic mass is 10.1. The molecule has 0 saturated heterocycles. The van der Waals surface area contributed by atoms with Crippen LogP contribution in [0.15, 0.2) is 18.2 Å². The Morgan fingerprint density at radius 3 is 2.72 bits per heavy atom. The summed E-state index contributed by atoms with van der Waals surface area (Å²) in [4.78, 5) is 2.48. The van der Waals surface area contributed by atoms with Crippen molar-refractivity contribution in [2.45, 2.75) is 39.3 Å². The SMILES string of the molecule is CCCN(Cc1ccc(F)cc1CN)CC1CC1. The van der Waals surface area contributed by atoms with Gasteiger partial charge >= 0.3 is 0 Å². The van der Waals surface area contributed by atoms with Crippen LogP contribution in [0.2, 0.25) is 0 Å². The summed E-state index contributed by atoms with van der Waals surface area (Å²) in [5, 5.41) is 0. The number of halogens is 1. The molecular weight excluding hydrogens is 227 g/mol. The topological polar surface area (TPSA) is 29.3 Å². The average molecular weight is 250 g/mol. The summed E-state index contributed by atoms with van der Waals surface area (Å²) in [6, 6.07) is 4.99. The molecular formula is C15H23FN2. The van der Waals surface area contributed by atoms with E-state index in [1.54, 1.807) is 6.07 Å². The molecule has 0 aliphatic heterocycles. The van der Waals surface area contributed by atoms with Gasteiger partial charge in [0.1, 0.15) is 5.82 Å². The summed E-state index contributed by atoms with van der Waals surface area (Å²) in [6.45, 7) is 5.80. The molecule has 0 heterocycles. The Bertz CT molecular complexity index is 388. The maximum Gasteiger partial charge on any atom is 0.123 e. The Hall–Kier alpha value is -0.930. The summed E-state index contributed by atoms with van der Waals surface area (Å²) in [6.07, 6.45) is 3.90. The monoisotopic (exact) mass is 250 g/mol. The van der Waals surface area contributed by atoms with Gasteiger partial charge in [0.05, 0.1) is 0 Å². The number of rotatable bonds is 7. The van der Waals surface area contributed by atoms with Gasteiger partial charge in [0.2, 0.25) is 0 Å². The van der Waals surface area contributed by atoms with E-state index in [0.717, 1.165) is 31.0 Å². The Morgan fingerprint density at radius 2 is 2.11 bits per heavy atom. The highest BCUT2D eigenvalue weighted by Crippen LogP contribution is 2.30. The smallest absolute Gasteiger partial charge is 0.123 e. The minimum absolute atomic E-state index is 0.191. The average Bonchev–Trinajstić information content (AvgIpc) is 3.15. The van der Waals surface area contributed by atoms with Gasteiger partial charge in [0, 0.05) is 19.6 Å². The van der Waals surface area contributed by atoms with Gasteiger partial charge in [-0.05, 0) is 55.0 Å². The fraction of sp³-hybridized carbons (Fsp3) is 0.600. The second-order valence-corrected chi connectivity index (χ2v) is 5.30. The number of hydrogen-bond donors (Lipinski definition) is 1. The molecule has 0 atom stereocenters. The van der Waals surface area contributed by atoms with Crippen molar-refractivity contribution in [3.8, 4) is 0 Å². The highest BCUT2D eigenvalue weighted by Gasteiger charge is 2.24. The Kier molecular flexibility index (Phi) is 4.72. The molecule has 0 aromatic heterocycles. The van der Waals surface area contributed by atoms with Crippen LogP contribution >= 0.6 is 0 Å². The number of nitrogens with zero attached hydrogens (tertiary/aromatic N) is 1. The van der Waals surface area contributed by atoms with Crippen molar-refractivity contribution >= 4 is 0 Å². The van der Waals surface area contributed by atoms with E-state index in [9.17, 15) is 4.39 Å². The molecule has 2 rings (SSSR count). The summed E-state index contributed by atoms with van der Waals surface area (Å²) in [5.41, 5.74) is 7.81. The highest BCUT2D eigenvalue weighted by molar-refractivity contribution is 5.27. The van der Waals surface area contributed by atoms with Crippen molar-refractivity contribution in [3.63, 3.8) is 0 Å². The molecule has 0 radical (unpaired) electrons. The number of benzene rings is 1. The molecule has 100 valence electrons. The molecule has 1 aromatic rings. The quantitative estimate of drug-likeness (QED) is 0.806. The fourth-order valence-electron chi connectivity index (χ4n) is 2.40. The van der Waals surface area contributed by atoms with Gasteiger partial charge in [-0.15, -0.1) is 0 Å². The van der Waals surface area contributed by atoms with E-state index in [4.69, 9.17) is 5.73 Å². The van der Waals surface area contributed by atoms with Crippen LogP contribution in [-0.4, -0.2) is 18.0 Å². The molecule has 0 unspecified atom stereocenters. The first-order chi connectivity index (χ1) is 8.72. The summed E-state index contributed by atoms with van der Waals surface area (Å²) >= 11 is 0. The highest BCUT2D eigenvalue weighted by atomic mass is 19.1. The van der Waals surface area contributed by atoms with Gasteiger partial charge in [-0.1, -0.05) is 13.0 Å². The van der Waals surface area contributed by atoms with E-state index in [1.165, 1.54) is 31.0 Å². The van der Waals surface area contributed by atoms with Crippen LogP contribution in [0, 0.1) is 11.7 Å². The first-order valence-electron chi connectivity index (χ1n) is 6.92. The number of hydrogen-bond acceptors (Lipinski definition) is 2. The van der Waals surface area contributed by atoms with E-state index in [1.807, 2.05) is 6.07 Å². The van der Waals surface area contributed by atoms with E-state index in [-0.39, 0.29) is 5.82 Å². The van der Waals surface area contributed by atoms with Crippen molar-refractivity contribution in [2.75, 3.05) is 13.1 Å². The molecule has 2 nitrogen and oxygen atoms in total. The molecule has 1 fully saturated rings. The van der Waals surface area contributed by atoms with E-state index in [0.29, 0.717) is 6.54 Å². The van der Waals surface area contributed by atoms with Crippen LogP contribution in [-0.2, 0) is 13.1 Å². The molecule has 1 aliphatic rings. The summed E-state index contributed by atoms with van der Waals surface area (Å²) in [5.74, 6) is 0.696. The van der Waals surface area contributed by atoms with Crippen molar-refractivity contribution in [3.05, 3.63) is 35.1 Å². The molecule has 3 heteroatoms. The van der Waals surface area contributed by atoms with Crippen LogP contribution in [0.3, 0.4) is 0 Å². The molecule has 2 N–H and O–H groups in total. The van der Waals surface area contributed by atoms with E-state index >= 15 is 0 Å². The first-order valence-corrected chi connectivity index (χ1v) is 6.92. The Morgan fingerprint density at radius 1 is 1.33 bits per heavy atom. The molecule has 0 bridgehead atoms. The maximum absolute atomic E-state index is 13.2. The Balaban J connectivity index is 2.04. The van der Waals surface area contributed by atoms with Crippen molar-refractivity contribution < 1.29 is 4.39 Å². The van der Waals surface area contributed by atoms with E-state index in [2.05, 4.69) is 11.8 Å². The third kappa shape index (κ3) is 3.79. The predicted molar refractivity (Wildman–Crippen MR) is 72.6 cm³/mol. The normalized spacial score (nSPS) is 15.3. The van der Waals surface area contributed by atoms with Crippen LogP contribution in [0.4, 0.5) is 4.39 Å². The molecule has 18 heavy (non-hydrogen) atoms. The molecule has 0 amide bonds. The zero-order valence-corrected chi connectivity index (χ0v) is 11.2. The summed E-state index contributed by atoms with van der Waals surface area (Å²) < 4.78 is 13.2. The lowest BCUT2D eigenvalue weighted by Gasteiger charge is -2.23. The van der Waals surface area contributed by atoms with Gasteiger partial charge in [-0.2, -0.15) is 0 Å². The van der Waals surface area contributed by atoms with Crippen LogP contribution in [0.25, 0.3) is 0 Å². The minimum atomic E-state index is -0.191. The van der Waals surface area contributed by atoms with Crippen molar-refractivity contribution in [2.24, 2.45) is 11.7 Å². The lowest BCUT2D eigenvalue weighted by Crippen LogP contribution is -2.27. The van der Waals surface area contributed by atoms with Gasteiger partial charge in [0.15, 0.2) is 0 Å². The van der Waals surface area contributed by atoms with E-state index < -0.39 is 0 Å². The lowest BCUT2D eigenvalue weighted by molar-refractivity contribution is 0.254. The van der Waals surface area contributed by atoms with Gasteiger partial charge in [0.25, 0.3) is 0 Å². The van der Waals surface area contributed by atoms with Crippen LogP contribution in [0.1, 0.15) is 37.3 Å². The van der Waals surface area contributed by atoms with Crippen LogP contribution in [0.5, 0.6) is 0 Å². The van der Waals surface area contributed by atoms with Crippen molar-refractivity contribution in [1.29, 1.82) is 0 Å². The van der Waals surface area contributed by atoms with Gasteiger partial charge < -0.3 is 5.73 Å². The second kappa shape index (κ2) is 6.30. The fourth-order valence-corrected chi connectivity index (χ4v) is 2.40. The summed E-state index contributed by atoms with van der Waals surface area (Å²) in [7, 11) is 0. The zero-order valence-electron chi connectivity index (χ0n) is 11.2. The third-order valence-corrected chi connectivity index (χ3v) is 3.54.